The van der Waals surface area contributed by atoms with Crippen LogP contribution in [-0.4, -0.2) is 18.0 Å². The van der Waals surface area contributed by atoms with Crippen LogP contribution in [0.4, 0.5) is 0 Å². The molecule has 0 fully saturated rings. The van der Waals surface area contributed by atoms with Crippen LogP contribution in [0.2, 0.25) is 0 Å². The molecule has 0 saturated carbocycles. The van der Waals surface area contributed by atoms with Gasteiger partial charge in [0.15, 0.2) is 5.76 Å². The van der Waals surface area contributed by atoms with E-state index in [2.05, 4.69) is 0 Å². The zero-order valence-corrected chi connectivity index (χ0v) is 10.8. The number of allylic oxidation sites excluding steroid dienone is 1. The Labute approximate surface area is 115 Å². The first kappa shape index (κ1) is 12.3. The van der Waals surface area contributed by atoms with Crippen molar-refractivity contribution >= 4 is 11.9 Å². The number of Topliss-reactive ketones (excluding diaryl/α,β-unsaturated/α-hetero) is 1. The van der Waals surface area contributed by atoms with Gasteiger partial charge in [0.25, 0.3) is 0 Å². The highest BCUT2D eigenvalue weighted by molar-refractivity contribution is 6.14. The first-order valence-corrected chi connectivity index (χ1v) is 6.09. The molecule has 4 heteroatoms. The number of phenols is 1. The van der Waals surface area contributed by atoms with E-state index in [0.717, 1.165) is 5.56 Å². The van der Waals surface area contributed by atoms with E-state index < -0.39 is 0 Å². The van der Waals surface area contributed by atoms with Crippen LogP contribution >= 0.6 is 0 Å². The van der Waals surface area contributed by atoms with Crippen LogP contribution in [0, 0.1) is 0 Å². The van der Waals surface area contributed by atoms with Gasteiger partial charge in [-0.15, -0.1) is 0 Å². The Morgan fingerprint density at radius 3 is 2.85 bits per heavy atom. The molecule has 1 aliphatic rings. The van der Waals surface area contributed by atoms with Crippen molar-refractivity contribution in [2.45, 2.75) is 0 Å². The van der Waals surface area contributed by atoms with Gasteiger partial charge in [-0.05, 0) is 35.9 Å². The summed E-state index contributed by atoms with van der Waals surface area (Å²) in [4.78, 5) is 12.2. The Balaban J connectivity index is 1.96. The second-order valence-corrected chi connectivity index (χ2v) is 4.40. The predicted molar refractivity (Wildman–Crippen MR) is 74.0 cm³/mol. The number of carbonyl (C=O) groups is 1. The maximum Gasteiger partial charge on any atom is 0.231 e. The minimum absolute atomic E-state index is 0.0687. The third-order valence-electron chi connectivity index (χ3n) is 3.05. The van der Waals surface area contributed by atoms with Gasteiger partial charge in [0.2, 0.25) is 5.78 Å². The largest absolute Gasteiger partial charge is 0.508 e. The topological polar surface area (TPSA) is 55.8 Å². The van der Waals surface area contributed by atoms with Gasteiger partial charge in [-0.2, -0.15) is 0 Å². The maximum atomic E-state index is 12.2. The van der Waals surface area contributed by atoms with E-state index >= 15 is 0 Å². The van der Waals surface area contributed by atoms with Gasteiger partial charge in [-0.1, -0.05) is 12.1 Å². The molecule has 1 N–H and O–H groups in total. The van der Waals surface area contributed by atoms with E-state index in [9.17, 15) is 9.90 Å². The van der Waals surface area contributed by atoms with E-state index in [1.807, 2.05) is 24.3 Å². The molecule has 0 amide bonds. The lowest BCUT2D eigenvalue weighted by atomic mass is 10.1. The summed E-state index contributed by atoms with van der Waals surface area (Å²) in [5.41, 5.74) is 1.27. The number of carbonyl (C=O) groups excluding carboxylic acids is 1. The molecule has 2 aromatic rings. The number of methoxy groups -OCH3 is 1. The quantitative estimate of drug-likeness (QED) is 0.851. The molecule has 3 rings (SSSR count). The number of hydrogen-bond donors (Lipinski definition) is 1. The lowest BCUT2D eigenvalue weighted by Gasteiger charge is -2.01. The normalized spacial score (nSPS) is 15.1. The number of hydrogen-bond acceptors (Lipinski definition) is 4. The van der Waals surface area contributed by atoms with Crippen LogP contribution in [-0.2, 0) is 0 Å². The summed E-state index contributed by atoms with van der Waals surface area (Å²) in [6, 6.07) is 11.8. The summed E-state index contributed by atoms with van der Waals surface area (Å²) in [5, 5.41) is 9.40. The van der Waals surface area contributed by atoms with Crippen molar-refractivity contribution in [1.29, 1.82) is 0 Å². The Morgan fingerprint density at radius 1 is 1.20 bits per heavy atom. The smallest absolute Gasteiger partial charge is 0.231 e. The van der Waals surface area contributed by atoms with Crippen LogP contribution in [0.25, 0.3) is 6.08 Å². The number of aromatic hydroxyl groups is 1. The fraction of sp³-hybridized carbons (Fsp3) is 0.0625. The Hall–Kier alpha value is -2.75. The summed E-state index contributed by atoms with van der Waals surface area (Å²) < 4.78 is 10.6. The fourth-order valence-electron chi connectivity index (χ4n) is 2.06. The zero-order valence-electron chi connectivity index (χ0n) is 10.8. The maximum absolute atomic E-state index is 12.2. The molecule has 0 atom stereocenters. The van der Waals surface area contributed by atoms with Gasteiger partial charge in [0, 0.05) is 6.07 Å². The monoisotopic (exact) mass is 268 g/mol. The molecular weight excluding hydrogens is 256 g/mol. The molecule has 2 aromatic carbocycles. The molecule has 0 aromatic heterocycles. The standard InChI is InChI=1S/C16H12O4/c1-19-12-4-2-3-10(7-12)8-15-16(18)13-6-5-11(17)9-14(13)20-15/h2-9,17H,1H3. The van der Waals surface area contributed by atoms with E-state index in [4.69, 9.17) is 9.47 Å². The predicted octanol–water partition coefficient (Wildman–Crippen LogP) is 3.02. The number of benzene rings is 2. The molecule has 0 bridgehead atoms. The molecular formula is C16H12O4. The minimum Gasteiger partial charge on any atom is -0.508 e. The summed E-state index contributed by atoms with van der Waals surface area (Å²) in [5.74, 6) is 1.20. The first-order valence-electron chi connectivity index (χ1n) is 6.09. The average Bonchev–Trinajstić information content (AvgIpc) is 2.75. The molecule has 0 aliphatic carbocycles. The van der Waals surface area contributed by atoms with Crippen molar-refractivity contribution in [3.8, 4) is 17.2 Å². The van der Waals surface area contributed by atoms with E-state index in [1.165, 1.54) is 12.1 Å². The second kappa shape index (κ2) is 4.74. The van der Waals surface area contributed by atoms with E-state index in [-0.39, 0.29) is 17.3 Å². The zero-order chi connectivity index (χ0) is 14.1. The molecule has 0 saturated heterocycles. The summed E-state index contributed by atoms with van der Waals surface area (Å²) in [6.07, 6.45) is 1.65. The Morgan fingerprint density at radius 2 is 2.05 bits per heavy atom. The summed E-state index contributed by atoms with van der Waals surface area (Å²) in [6.45, 7) is 0. The molecule has 20 heavy (non-hydrogen) atoms. The number of rotatable bonds is 2. The number of fused-ring (bicyclic) bond motifs is 1. The molecule has 4 nitrogen and oxygen atoms in total. The van der Waals surface area contributed by atoms with Gasteiger partial charge < -0.3 is 14.6 Å². The summed E-state index contributed by atoms with van der Waals surface area (Å²) >= 11 is 0. The van der Waals surface area contributed by atoms with Crippen molar-refractivity contribution in [2.24, 2.45) is 0 Å². The lowest BCUT2D eigenvalue weighted by Crippen LogP contribution is -1.98. The molecule has 0 radical (unpaired) electrons. The highest BCUT2D eigenvalue weighted by atomic mass is 16.5. The minimum atomic E-state index is -0.192. The lowest BCUT2D eigenvalue weighted by molar-refractivity contribution is 0.101. The van der Waals surface area contributed by atoms with Gasteiger partial charge in [-0.25, -0.2) is 0 Å². The van der Waals surface area contributed by atoms with Crippen LogP contribution in [0.1, 0.15) is 15.9 Å². The van der Waals surface area contributed by atoms with Crippen LogP contribution < -0.4 is 9.47 Å². The highest BCUT2D eigenvalue weighted by Gasteiger charge is 2.27. The fourth-order valence-corrected chi connectivity index (χ4v) is 2.06. The van der Waals surface area contributed by atoms with Crippen LogP contribution in [0.5, 0.6) is 17.2 Å². The third kappa shape index (κ3) is 2.12. The highest BCUT2D eigenvalue weighted by Crippen LogP contribution is 2.34. The number of ether oxygens (including phenoxy) is 2. The molecule has 1 heterocycles. The second-order valence-electron chi connectivity index (χ2n) is 4.40. The van der Waals surface area contributed by atoms with Gasteiger partial charge in [0.05, 0.1) is 12.7 Å². The molecule has 0 unspecified atom stereocenters. The van der Waals surface area contributed by atoms with Crippen molar-refractivity contribution in [3.05, 3.63) is 59.4 Å². The van der Waals surface area contributed by atoms with Crippen LogP contribution in [0.15, 0.2) is 48.2 Å². The average molecular weight is 268 g/mol. The van der Waals surface area contributed by atoms with Gasteiger partial charge in [0.1, 0.15) is 17.2 Å². The van der Waals surface area contributed by atoms with Crippen LogP contribution in [0.3, 0.4) is 0 Å². The van der Waals surface area contributed by atoms with Gasteiger partial charge >= 0.3 is 0 Å². The summed E-state index contributed by atoms with van der Waals surface area (Å²) in [7, 11) is 1.59. The number of phenolic OH excluding ortho intramolecular Hbond substituents is 1. The third-order valence-corrected chi connectivity index (χ3v) is 3.05. The van der Waals surface area contributed by atoms with Crippen molar-refractivity contribution < 1.29 is 19.4 Å². The first-order chi connectivity index (χ1) is 9.67. The van der Waals surface area contributed by atoms with E-state index in [0.29, 0.717) is 17.1 Å². The van der Waals surface area contributed by atoms with Crippen molar-refractivity contribution in [2.75, 3.05) is 7.11 Å². The van der Waals surface area contributed by atoms with Gasteiger partial charge in [-0.3, -0.25) is 4.79 Å². The molecule has 100 valence electrons. The SMILES string of the molecule is COc1cccc(C=C2Oc3cc(O)ccc3C2=O)c1. The van der Waals surface area contributed by atoms with E-state index in [1.54, 1.807) is 19.3 Å². The number of ketones is 1. The van der Waals surface area contributed by atoms with Crippen molar-refractivity contribution in [1.82, 2.24) is 0 Å². The van der Waals surface area contributed by atoms with Crippen molar-refractivity contribution in [3.63, 3.8) is 0 Å². The molecule has 1 aliphatic heterocycles. The molecule has 0 spiro atoms. The Bertz CT molecular complexity index is 716. The Kier molecular flexibility index (Phi) is 2.91.